The first-order chi connectivity index (χ1) is 5.42. The summed E-state index contributed by atoms with van der Waals surface area (Å²) < 4.78 is 13.7. The Labute approximate surface area is 68.3 Å². The van der Waals surface area contributed by atoms with Gasteiger partial charge in [-0.1, -0.05) is 18.2 Å². The van der Waals surface area contributed by atoms with Crippen LogP contribution >= 0.6 is 12.3 Å². The molecule has 0 spiro atoms. The molecule has 0 aliphatic heterocycles. The van der Waals surface area contributed by atoms with E-state index in [4.69, 9.17) is 0 Å². The summed E-state index contributed by atoms with van der Waals surface area (Å²) in [6.07, 6.45) is 1.72. The summed E-state index contributed by atoms with van der Waals surface area (Å²) in [5.41, 5.74) is 0.917. The van der Waals surface area contributed by atoms with Crippen molar-refractivity contribution in [1.29, 1.82) is 0 Å². The van der Waals surface area contributed by atoms with Gasteiger partial charge in [-0.3, -0.25) is 3.97 Å². The smallest absolute Gasteiger partial charge is 0.169 e. The number of rotatable bonds is 1. The van der Waals surface area contributed by atoms with Crippen molar-refractivity contribution < 1.29 is 3.89 Å². The number of fused-ring (bicyclic) bond motifs is 1. The number of halogens is 1. The molecular formula is C8H6FNS. The van der Waals surface area contributed by atoms with E-state index < -0.39 is 0 Å². The van der Waals surface area contributed by atoms with Crippen molar-refractivity contribution in [2.75, 3.05) is 0 Å². The van der Waals surface area contributed by atoms with Crippen molar-refractivity contribution in [1.82, 2.24) is 3.97 Å². The van der Waals surface area contributed by atoms with Crippen LogP contribution in [0.5, 0.6) is 0 Å². The maximum Gasteiger partial charge on any atom is 0.169 e. The molecule has 0 atom stereocenters. The third kappa shape index (κ3) is 1.01. The van der Waals surface area contributed by atoms with Crippen LogP contribution in [0.1, 0.15) is 0 Å². The van der Waals surface area contributed by atoms with Gasteiger partial charge in [-0.2, -0.15) is 0 Å². The largest absolute Gasteiger partial charge is 0.264 e. The Bertz CT molecular complexity index is 369. The predicted octanol–water partition coefficient (Wildman–Crippen LogP) is 3.02. The highest BCUT2D eigenvalue weighted by molar-refractivity contribution is 7.92. The van der Waals surface area contributed by atoms with Crippen LogP contribution in [-0.2, 0) is 0 Å². The molecule has 1 heterocycles. The molecule has 0 N–H and O–H groups in total. The maximum atomic E-state index is 12.2. The Morgan fingerprint density at radius 3 is 2.82 bits per heavy atom. The van der Waals surface area contributed by atoms with Gasteiger partial charge in [0.1, 0.15) is 0 Å². The van der Waals surface area contributed by atoms with Crippen molar-refractivity contribution in [3.63, 3.8) is 0 Å². The fourth-order valence-electron chi connectivity index (χ4n) is 1.12. The van der Waals surface area contributed by atoms with Gasteiger partial charge in [-0.05, 0) is 12.1 Å². The second-order valence-electron chi connectivity index (χ2n) is 2.27. The van der Waals surface area contributed by atoms with Gasteiger partial charge >= 0.3 is 0 Å². The van der Waals surface area contributed by atoms with Crippen LogP contribution in [0.3, 0.4) is 0 Å². The van der Waals surface area contributed by atoms with Crippen LogP contribution in [0, 0.1) is 0 Å². The summed E-state index contributed by atoms with van der Waals surface area (Å²) in [6, 6.07) is 9.58. The average Bonchev–Trinajstić information content (AvgIpc) is 2.47. The highest BCUT2D eigenvalue weighted by Gasteiger charge is 1.97. The lowest BCUT2D eigenvalue weighted by Gasteiger charge is -1.93. The molecule has 0 aliphatic carbocycles. The number of para-hydroxylation sites is 1. The number of benzene rings is 1. The van der Waals surface area contributed by atoms with E-state index >= 15 is 0 Å². The first-order valence-corrected chi connectivity index (χ1v) is 3.94. The zero-order valence-electron chi connectivity index (χ0n) is 5.70. The Balaban J connectivity index is 2.76. The molecule has 0 saturated carbocycles. The monoisotopic (exact) mass is 167 g/mol. The van der Waals surface area contributed by atoms with E-state index in [0.717, 1.165) is 10.9 Å². The fraction of sp³-hybridized carbons (Fsp3) is 0. The normalized spacial score (nSPS) is 10.6. The van der Waals surface area contributed by atoms with Gasteiger partial charge in [0.2, 0.25) is 0 Å². The molecule has 0 aliphatic rings. The van der Waals surface area contributed by atoms with Gasteiger partial charge in [-0.15, -0.1) is 3.89 Å². The van der Waals surface area contributed by atoms with Crippen LogP contribution < -0.4 is 0 Å². The minimum atomic E-state index is 0.222. The molecule has 1 aromatic heterocycles. The number of aromatic nitrogens is 1. The predicted molar refractivity (Wildman–Crippen MR) is 46.0 cm³/mol. The average molecular weight is 167 g/mol. The zero-order valence-corrected chi connectivity index (χ0v) is 6.51. The van der Waals surface area contributed by atoms with E-state index in [0.29, 0.717) is 0 Å². The summed E-state index contributed by atoms with van der Waals surface area (Å²) >= 11 is 0.222. The second kappa shape index (κ2) is 2.58. The third-order valence-electron chi connectivity index (χ3n) is 1.64. The van der Waals surface area contributed by atoms with Gasteiger partial charge in [-0.25, -0.2) is 0 Å². The highest BCUT2D eigenvalue weighted by atomic mass is 32.2. The van der Waals surface area contributed by atoms with E-state index in [-0.39, 0.29) is 12.3 Å². The molecule has 3 heteroatoms. The molecule has 0 saturated heterocycles. The van der Waals surface area contributed by atoms with E-state index in [9.17, 15) is 3.89 Å². The standard InChI is InChI=1S/C8H6FNS/c9-11-10-6-5-7-3-1-2-4-8(7)10/h1-6H. The summed E-state index contributed by atoms with van der Waals surface area (Å²) in [7, 11) is 0. The number of hydrogen-bond donors (Lipinski definition) is 0. The lowest BCUT2D eigenvalue weighted by Crippen LogP contribution is -1.77. The number of hydrogen-bond acceptors (Lipinski definition) is 1. The molecule has 0 amide bonds. The Morgan fingerprint density at radius 1 is 1.18 bits per heavy atom. The molecule has 1 aromatic carbocycles. The van der Waals surface area contributed by atoms with Crippen molar-refractivity contribution in [3.8, 4) is 0 Å². The molecule has 1 nitrogen and oxygen atoms in total. The topological polar surface area (TPSA) is 4.93 Å². The van der Waals surface area contributed by atoms with Crippen molar-refractivity contribution in [3.05, 3.63) is 36.5 Å². The van der Waals surface area contributed by atoms with Crippen molar-refractivity contribution >= 4 is 23.2 Å². The first kappa shape index (κ1) is 6.73. The Hall–Kier alpha value is -0.960. The van der Waals surface area contributed by atoms with Crippen LogP contribution in [0.4, 0.5) is 3.89 Å². The first-order valence-electron chi connectivity index (χ1n) is 3.27. The molecule has 2 rings (SSSR count). The van der Waals surface area contributed by atoms with Crippen LogP contribution in [-0.4, -0.2) is 3.97 Å². The minimum absolute atomic E-state index is 0.222. The second-order valence-corrected chi connectivity index (χ2v) is 2.80. The number of nitrogens with zero attached hydrogens (tertiary/aromatic N) is 1. The molecule has 56 valence electrons. The van der Waals surface area contributed by atoms with Crippen LogP contribution in [0.15, 0.2) is 36.5 Å². The minimum Gasteiger partial charge on any atom is -0.264 e. The fourth-order valence-corrected chi connectivity index (χ4v) is 1.47. The van der Waals surface area contributed by atoms with E-state index in [1.54, 1.807) is 6.20 Å². The zero-order chi connectivity index (χ0) is 7.68. The molecule has 0 fully saturated rings. The van der Waals surface area contributed by atoms with Crippen molar-refractivity contribution in [2.45, 2.75) is 0 Å². The van der Waals surface area contributed by atoms with E-state index in [2.05, 4.69) is 0 Å². The van der Waals surface area contributed by atoms with Gasteiger partial charge < -0.3 is 0 Å². The molecule has 0 bridgehead atoms. The molecule has 0 radical (unpaired) electrons. The summed E-state index contributed by atoms with van der Waals surface area (Å²) in [6.45, 7) is 0. The SMILES string of the molecule is FSn1ccc2ccccc21. The molecule has 2 aromatic rings. The van der Waals surface area contributed by atoms with Gasteiger partial charge in [0.25, 0.3) is 0 Å². The van der Waals surface area contributed by atoms with E-state index in [1.807, 2.05) is 30.3 Å². The quantitative estimate of drug-likeness (QED) is 0.632. The highest BCUT2D eigenvalue weighted by Crippen LogP contribution is 2.20. The maximum absolute atomic E-state index is 12.2. The van der Waals surface area contributed by atoms with E-state index in [1.165, 1.54) is 3.97 Å². The van der Waals surface area contributed by atoms with Gasteiger partial charge in [0, 0.05) is 11.6 Å². The summed E-state index contributed by atoms with van der Waals surface area (Å²) in [5.74, 6) is 0. The Kier molecular flexibility index (Phi) is 1.58. The summed E-state index contributed by atoms with van der Waals surface area (Å²) in [4.78, 5) is 0. The summed E-state index contributed by atoms with van der Waals surface area (Å²) in [5, 5.41) is 1.07. The van der Waals surface area contributed by atoms with Crippen LogP contribution in [0.25, 0.3) is 10.9 Å². The molecular weight excluding hydrogens is 161 g/mol. The van der Waals surface area contributed by atoms with Crippen LogP contribution in [0.2, 0.25) is 0 Å². The molecule has 0 unspecified atom stereocenters. The van der Waals surface area contributed by atoms with Crippen molar-refractivity contribution in [2.24, 2.45) is 0 Å². The molecule has 11 heavy (non-hydrogen) atoms. The Morgan fingerprint density at radius 2 is 2.00 bits per heavy atom. The van der Waals surface area contributed by atoms with Gasteiger partial charge in [0.15, 0.2) is 12.3 Å². The lowest BCUT2D eigenvalue weighted by atomic mass is 10.3. The van der Waals surface area contributed by atoms with Gasteiger partial charge in [0.05, 0.1) is 5.52 Å². The lowest BCUT2D eigenvalue weighted by molar-refractivity contribution is 0.921. The third-order valence-corrected chi connectivity index (χ3v) is 2.11.